The van der Waals surface area contributed by atoms with Crippen LogP contribution in [0.15, 0.2) is 0 Å². The topological polar surface area (TPSA) is 21.3 Å². The van der Waals surface area contributed by atoms with Crippen LogP contribution >= 0.6 is 0 Å². The van der Waals surface area contributed by atoms with Gasteiger partial charge in [-0.3, -0.25) is 0 Å². The smallest absolute Gasteiger partial charge is 0.0731 e. The van der Waals surface area contributed by atoms with Crippen molar-refractivity contribution in [1.82, 2.24) is 5.32 Å². The maximum Gasteiger partial charge on any atom is 0.0731 e. The summed E-state index contributed by atoms with van der Waals surface area (Å²) in [5, 5.41) is 3.69. The van der Waals surface area contributed by atoms with E-state index in [1.807, 2.05) is 0 Å². The molecule has 5 unspecified atom stereocenters. The van der Waals surface area contributed by atoms with Crippen molar-refractivity contribution in [2.45, 2.75) is 96.8 Å². The molecular weight excluding hydrogens is 246 g/mol. The van der Waals surface area contributed by atoms with Crippen molar-refractivity contribution < 1.29 is 4.74 Å². The van der Waals surface area contributed by atoms with E-state index in [-0.39, 0.29) is 0 Å². The highest BCUT2D eigenvalue weighted by molar-refractivity contribution is 4.83. The monoisotopic (exact) mass is 281 g/mol. The zero-order valence-electron chi connectivity index (χ0n) is 13.9. The maximum atomic E-state index is 6.59. The zero-order valence-corrected chi connectivity index (χ0v) is 13.9. The molecule has 0 aliphatic heterocycles. The normalized spacial score (nSPS) is 40.0. The van der Waals surface area contributed by atoms with Gasteiger partial charge in [0, 0.05) is 6.04 Å². The minimum absolute atomic E-state index is 0.459. The van der Waals surface area contributed by atoms with E-state index in [0.29, 0.717) is 18.2 Å². The van der Waals surface area contributed by atoms with E-state index in [0.717, 1.165) is 18.4 Å². The number of rotatable bonds is 4. The summed E-state index contributed by atoms with van der Waals surface area (Å²) >= 11 is 0. The molecule has 5 atom stereocenters. The summed E-state index contributed by atoms with van der Waals surface area (Å²) in [6, 6.07) is 0.593. The number of likely N-dealkylation sites (N-methyl/N-ethyl adjacent to an activating group) is 1. The maximum absolute atomic E-state index is 6.59. The SMILES string of the molecule is CCNC1CCCCCCC1OC1CCC(C)C(C)C1. The molecule has 0 heterocycles. The van der Waals surface area contributed by atoms with Crippen LogP contribution in [0.4, 0.5) is 0 Å². The largest absolute Gasteiger partial charge is 0.373 e. The first-order chi connectivity index (χ1) is 9.70. The molecule has 2 saturated carbocycles. The fraction of sp³-hybridized carbons (Fsp3) is 1.00. The molecule has 0 amide bonds. The Bertz CT molecular complexity index is 268. The summed E-state index contributed by atoms with van der Waals surface area (Å²) in [5.41, 5.74) is 0. The van der Waals surface area contributed by atoms with E-state index in [9.17, 15) is 0 Å². The Morgan fingerprint density at radius 1 is 0.900 bits per heavy atom. The molecule has 0 radical (unpaired) electrons. The van der Waals surface area contributed by atoms with Gasteiger partial charge in [0.05, 0.1) is 12.2 Å². The Morgan fingerprint density at radius 2 is 1.65 bits per heavy atom. The highest BCUT2D eigenvalue weighted by Crippen LogP contribution is 2.33. The van der Waals surface area contributed by atoms with Crippen molar-refractivity contribution >= 4 is 0 Å². The van der Waals surface area contributed by atoms with Gasteiger partial charge in [0.1, 0.15) is 0 Å². The van der Waals surface area contributed by atoms with E-state index in [1.54, 1.807) is 0 Å². The average molecular weight is 281 g/mol. The molecule has 20 heavy (non-hydrogen) atoms. The lowest BCUT2D eigenvalue weighted by Crippen LogP contribution is -2.44. The van der Waals surface area contributed by atoms with Crippen molar-refractivity contribution in [2.75, 3.05) is 6.54 Å². The van der Waals surface area contributed by atoms with Crippen molar-refractivity contribution in [2.24, 2.45) is 11.8 Å². The zero-order chi connectivity index (χ0) is 14.4. The first-order valence-corrected chi connectivity index (χ1v) is 9.09. The number of ether oxygens (including phenoxy) is 1. The lowest BCUT2D eigenvalue weighted by Gasteiger charge is -2.37. The van der Waals surface area contributed by atoms with Crippen LogP contribution in [0.25, 0.3) is 0 Å². The van der Waals surface area contributed by atoms with Crippen LogP contribution in [0.2, 0.25) is 0 Å². The molecule has 0 bridgehead atoms. The standard InChI is InChI=1S/C18H35NO/c1-4-19-17-9-7-5-6-8-10-18(17)20-16-12-11-14(2)15(3)13-16/h14-19H,4-13H2,1-3H3. The van der Waals surface area contributed by atoms with Crippen LogP contribution in [-0.4, -0.2) is 24.8 Å². The van der Waals surface area contributed by atoms with Crippen LogP contribution in [0.5, 0.6) is 0 Å². The van der Waals surface area contributed by atoms with Crippen LogP contribution in [0.3, 0.4) is 0 Å². The Kier molecular flexibility index (Phi) is 6.83. The van der Waals surface area contributed by atoms with Gasteiger partial charge in [-0.2, -0.15) is 0 Å². The lowest BCUT2D eigenvalue weighted by molar-refractivity contribution is -0.0683. The van der Waals surface area contributed by atoms with Gasteiger partial charge < -0.3 is 10.1 Å². The summed E-state index contributed by atoms with van der Waals surface area (Å²) in [6.45, 7) is 8.10. The molecule has 2 heteroatoms. The fourth-order valence-electron chi connectivity index (χ4n) is 3.98. The predicted octanol–water partition coefficient (Wildman–Crippen LogP) is 4.53. The second-order valence-electron chi connectivity index (χ2n) is 7.22. The Morgan fingerprint density at radius 3 is 2.35 bits per heavy atom. The summed E-state index contributed by atoms with van der Waals surface area (Å²) in [6.07, 6.45) is 13.0. The molecule has 0 aromatic rings. The van der Waals surface area contributed by atoms with Gasteiger partial charge in [0.25, 0.3) is 0 Å². The quantitative estimate of drug-likeness (QED) is 0.817. The van der Waals surface area contributed by atoms with E-state index in [1.165, 1.54) is 57.8 Å². The second-order valence-corrected chi connectivity index (χ2v) is 7.22. The van der Waals surface area contributed by atoms with E-state index >= 15 is 0 Å². The molecular formula is C18H35NO. The molecule has 0 spiro atoms. The molecule has 118 valence electrons. The molecule has 2 rings (SSSR count). The molecule has 2 aliphatic rings. The fourth-order valence-corrected chi connectivity index (χ4v) is 3.98. The second kappa shape index (κ2) is 8.38. The van der Waals surface area contributed by atoms with Gasteiger partial charge in [-0.15, -0.1) is 0 Å². The summed E-state index contributed by atoms with van der Waals surface area (Å²) < 4.78 is 6.59. The third-order valence-electron chi connectivity index (χ3n) is 5.59. The number of hydrogen-bond acceptors (Lipinski definition) is 2. The molecule has 0 aromatic carbocycles. The van der Waals surface area contributed by atoms with Crippen molar-refractivity contribution in [3.8, 4) is 0 Å². The van der Waals surface area contributed by atoms with Crippen LogP contribution in [-0.2, 0) is 4.74 Å². The molecule has 2 fully saturated rings. The lowest BCUT2D eigenvalue weighted by atomic mass is 9.80. The molecule has 2 nitrogen and oxygen atoms in total. The van der Waals surface area contributed by atoms with Gasteiger partial charge in [-0.1, -0.05) is 46.5 Å². The highest BCUT2D eigenvalue weighted by Gasteiger charge is 2.30. The Labute approximate surface area is 126 Å². The third kappa shape index (κ3) is 4.73. The van der Waals surface area contributed by atoms with Crippen molar-refractivity contribution in [1.29, 1.82) is 0 Å². The molecule has 0 saturated heterocycles. The molecule has 1 N–H and O–H groups in total. The van der Waals surface area contributed by atoms with Gasteiger partial charge in [-0.25, -0.2) is 0 Å². The Hall–Kier alpha value is -0.0800. The van der Waals surface area contributed by atoms with E-state index in [2.05, 4.69) is 26.1 Å². The average Bonchev–Trinajstić information content (AvgIpc) is 2.41. The van der Waals surface area contributed by atoms with Gasteiger partial charge >= 0.3 is 0 Å². The van der Waals surface area contributed by atoms with E-state index < -0.39 is 0 Å². The van der Waals surface area contributed by atoms with Crippen molar-refractivity contribution in [3.63, 3.8) is 0 Å². The van der Waals surface area contributed by atoms with E-state index in [4.69, 9.17) is 4.74 Å². The summed E-state index contributed by atoms with van der Waals surface area (Å²) in [5.74, 6) is 1.72. The Balaban J connectivity index is 1.89. The van der Waals surface area contributed by atoms with Gasteiger partial charge in [0.2, 0.25) is 0 Å². The minimum atomic E-state index is 0.459. The van der Waals surface area contributed by atoms with Gasteiger partial charge in [-0.05, 0) is 50.5 Å². The van der Waals surface area contributed by atoms with Crippen molar-refractivity contribution in [3.05, 3.63) is 0 Å². The predicted molar refractivity (Wildman–Crippen MR) is 86.0 cm³/mol. The van der Waals surface area contributed by atoms with Gasteiger partial charge in [0.15, 0.2) is 0 Å². The molecule has 2 aliphatic carbocycles. The van der Waals surface area contributed by atoms with Crippen LogP contribution < -0.4 is 5.32 Å². The number of hydrogen-bond donors (Lipinski definition) is 1. The highest BCUT2D eigenvalue weighted by atomic mass is 16.5. The third-order valence-corrected chi connectivity index (χ3v) is 5.59. The number of nitrogens with one attached hydrogen (secondary N) is 1. The summed E-state index contributed by atoms with van der Waals surface area (Å²) in [4.78, 5) is 0. The first-order valence-electron chi connectivity index (χ1n) is 9.09. The summed E-state index contributed by atoms with van der Waals surface area (Å²) in [7, 11) is 0. The minimum Gasteiger partial charge on any atom is -0.373 e. The van der Waals surface area contributed by atoms with Crippen LogP contribution in [0, 0.1) is 11.8 Å². The van der Waals surface area contributed by atoms with Crippen LogP contribution in [0.1, 0.15) is 78.6 Å². The first kappa shape index (κ1) is 16.3. The molecule has 0 aromatic heterocycles.